The summed E-state index contributed by atoms with van der Waals surface area (Å²) in [6.07, 6.45) is 2.17. The Labute approximate surface area is 181 Å². The third kappa shape index (κ3) is 4.51. The number of carbonyl (C=O) groups excluding carboxylic acids is 1. The van der Waals surface area contributed by atoms with Crippen molar-refractivity contribution >= 4 is 17.7 Å². The van der Waals surface area contributed by atoms with E-state index >= 15 is 0 Å². The van der Waals surface area contributed by atoms with Crippen LogP contribution in [0.3, 0.4) is 0 Å². The van der Waals surface area contributed by atoms with Gasteiger partial charge in [0.15, 0.2) is 11.0 Å². The van der Waals surface area contributed by atoms with E-state index in [2.05, 4.69) is 10.2 Å². The number of thioether (sulfide) groups is 1. The molecule has 1 amide bonds. The predicted molar refractivity (Wildman–Crippen MR) is 118 cm³/mol. The van der Waals surface area contributed by atoms with E-state index in [0.717, 1.165) is 42.9 Å². The molecule has 1 aliphatic rings. The molecule has 1 saturated heterocycles. The van der Waals surface area contributed by atoms with E-state index in [1.807, 2.05) is 77.9 Å². The van der Waals surface area contributed by atoms with Crippen LogP contribution in [0.15, 0.2) is 59.8 Å². The van der Waals surface area contributed by atoms with Gasteiger partial charge in [-0.2, -0.15) is 0 Å². The van der Waals surface area contributed by atoms with Crippen LogP contribution >= 0.6 is 11.8 Å². The minimum absolute atomic E-state index is 0.165. The quantitative estimate of drug-likeness (QED) is 0.533. The molecule has 4 rings (SSSR count). The second kappa shape index (κ2) is 9.34. The Morgan fingerprint density at radius 3 is 2.50 bits per heavy atom. The fourth-order valence-electron chi connectivity index (χ4n) is 3.57. The van der Waals surface area contributed by atoms with Crippen molar-refractivity contribution in [3.8, 4) is 11.4 Å². The third-order valence-corrected chi connectivity index (χ3v) is 6.24. The third-order valence-electron chi connectivity index (χ3n) is 5.21. The Kier molecular flexibility index (Phi) is 6.38. The molecule has 1 fully saturated rings. The average Bonchev–Trinajstić information content (AvgIpc) is 3.43. The minimum atomic E-state index is -0.222. The number of rotatable bonds is 7. The predicted octanol–water partition coefficient (Wildman–Crippen LogP) is 4.26. The van der Waals surface area contributed by atoms with Gasteiger partial charge >= 0.3 is 0 Å². The number of benzene rings is 2. The summed E-state index contributed by atoms with van der Waals surface area (Å²) >= 11 is 1.45. The smallest absolute Gasteiger partial charge is 0.235 e. The average molecular weight is 423 g/mol. The molecule has 0 spiro atoms. The largest absolute Gasteiger partial charge is 0.485 e. The molecule has 0 aliphatic carbocycles. The van der Waals surface area contributed by atoms with E-state index in [1.165, 1.54) is 11.8 Å². The van der Waals surface area contributed by atoms with Crippen LogP contribution in [0.1, 0.15) is 31.2 Å². The summed E-state index contributed by atoms with van der Waals surface area (Å²) in [5.41, 5.74) is 2.02. The molecular formula is C23H26N4O2S. The lowest BCUT2D eigenvalue weighted by molar-refractivity contribution is -0.129. The maximum atomic E-state index is 12.8. The van der Waals surface area contributed by atoms with Crippen LogP contribution in [0.25, 0.3) is 5.69 Å². The molecule has 156 valence electrons. The van der Waals surface area contributed by atoms with Gasteiger partial charge in [0.05, 0.1) is 5.25 Å². The number of aryl methyl sites for hydroxylation is 1. The first-order chi connectivity index (χ1) is 14.6. The van der Waals surface area contributed by atoms with Crippen molar-refractivity contribution in [2.45, 2.75) is 43.7 Å². The zero-order valence-corrected chi connectivity index (χ0v) is 18.1. The summed E-state index contributed by atoms with van der Waals surface area (Å²) in [4.78, 5) is 14.7. The number of para-hydroxylation sites is 2. The summed E-state index contributed by atoms with van der Waals surface area (Å²) in [5.74, 6) is 1.69. The van der Waals surface area contributed by atoms with Crippen LogP contribution in [-0.2, 0) is 11.4 Å². The maximum Gasteiger partial charge on any atom is 0.235 e. The standard InChI is InChI=1S/C23H26N4O2S/c1-17-10-6-7-13-20(17)29-16-21-24-25-23(27(21)19-11-4-3-5-12-19)30-18(2)22(28)26-14-8-9-15-26/h3-7,10-13,18H,8-9,14-16H2,1-2H3. The Morgan fingerprint density at radius 1 is 1.07 bits per heavy atom. The zero-order chi connectivity index (χ0) is 20.9. The van der Waals surface area contributed by atoms with Gasteiger partial charge in [0.2, 0.25) is 5.91 Å². The molecule has 1 atom stereocenters. The van der Waals surface area contributed by atoms with Crippen LogP contribution in [0.4, 0.5) is 0 Å². The van der Waals surface area contributed by atoms with Gasteiger partial charge in [-0.1, -0.05) is 48.2 Å². The molecular weight excluding hydrogens is 396 g/mol. The van der Waals surface area contributed by atoms with E-state index < -0.39 is 0 Å². The van der Waals surface area contributed by atoms with E-state index in [-0.39, 0.29) is 11.2 Å². The van der Waals surface area contributed by atoms with Crippen molar-refractivity contribution in [1.82, 2.24) is 19.7 Å². The Hall–Kier alpha value is -2.80. The van der Waals surface area contributed by atoms with Crippen molar-refractivity contribution in [1.29, 1.82) is 0 Å². The zero-order valence-electron chi connectivity index (χ0n) is 17.3. The van der Waals surface area contributed by atoms with Crippen LogP contribution in [0.2, 0.25) is 0 Å². The van der Waals surface area contributed by atoms with Gasteiger partial charge in [-0.05, 0) is 50.5 Å². The number of likely N-dealkylation sites (tertiary alicyclic amines) is 1. The van der Waals surface area contributed by atoms with Gasteiger partial charge in [0.1, 0.15) is 12.4 Å². The first kappa shape index (κ1) is 20.5. The number of nitrogens with zero attached hydrogens (tertiary/aromatic N) is 4. The van der Waals surface area contributed by atoms with Gasteiger partial charge in [-0.15, -0.1) is 10.2 Å². The topological polar surface area (TPSA) is 60.3 Å². The van der Waals surface area contributed by atoms with E-state index in [1.54, 1.807) is 0 Å². The monoisotopic (exact) mass is 422 g/mol. The fourth-order valence-corrected chi connectivity index (χ4v) is 4.54. The summed E-state index contributed by atoms with van der Waals surface area (Å²) in [7, 11) is 0. The van der Waals surface area contributed by atoms with Crippen LogP contribution in [0.5, 0.6) is 5.75 Å². The van der Waals surface area contributed by atoms with Gasteiger partial charge in [0.25, 0.3) is 0 Å². The van der Waals surface area contributed by atoms with E-state index in [4.69, 9.17) is 4.74 Å². The fraction of sp³-hybridized carbons (Fsp3) is 0.348. The molecule has 2 heterocycles. The molecule has 1 aromatic heterocycles. The molecule has 30 heavy (non-hydrogen) atoms. The number of aromatic nitrogens is 3. The normalized spacial score (nSPS) is 14.7. The number of amides is 1. The summed E-state index contributed by atoms with van der Waals surface area (Å²) in [5, 5.41) is 9.27. The van der Waals surface area contributed by atoms with Crippen molar-refractivity contribution in [3.63, 3.8) is 0 Å². The first-order valence-electron chi connectivity index (χ1n) is 10.3. The number of hydrogen-bond acceptors (Lipinski definition) is 5. The summed E-state index contributed by atoms with van der Waals surface area (Å²) < 4.78 is 8.01. The number of hydrogen-bond donors (Lipinski definition) is 0. The lowest BCUT2D eigenvalue weighted by Gasteiger charge is -2.20. The Bertz CT molecular complexity index is 999. The summed E-state index contributed by atoms with van der Waals surface area (Å²) in [6, 6.07) is 17.9. The molecule has 0 saturated carbocycles. The van der Waals surface area contributed by atoms with Gasteiger partial charge < -0.3 is 9.64 Å². The van der Waals surface area contributed by atoms with Crippen LogP contribution in [-0.4, -0.2) is 43.9 Å². The molecule has 1 aliphatic heterocycles. The molecule has 0 N–H and O–H groups in total. The van der Waals surface area contributed by atoms with Crippen molar-refractivity contribution in [3.05, 3.63) is 66.0 Å². The molecule has 6 nitrogen and oxygen atoms in total. The Balaban J connectivity index is 1.57. The molecule has 2 aromatic carbocycles. The molecule has 0 radical (unpaired) electrons. The Morgan fingerprint density at radius 2 is 1.77 bits per heavy atom. The highest BCUT2D eigenvalue weighted by Gasteiger charge is 2.26. The first-order valence-corrected chi connectivity index (χ1v) is 11.1. The van der Waals surface area contributed by atoms with Gasteiger partial charge in [0, 0.05) is 18.8 Å². The van der Waals surface area contributed by atoms with Crippen LogP contribution < -0.4 is 4.74 Å². The highest BCUT2D eigenvalue weighted by atomic mass is 32.2. The van der Waals surface area contributed by atoms with Crippen molar-refractivity contribution < 1.29 is 9.53 Å². The van der Waals surface area contributed by atoms with E-state index in [9.17, 15) is 4.79 Å². The second-order valence-corrected chi connectivity index (χ2v) is 8.72. The van der Waals surface area contributed by atoms with Gasteiger partial charge in [-0.25, -0.2) is 0 Å². The second-order valence-electron chi connectivity index (χ2n) is 7.42. The van der Waals surface area contributed by atoms with Crippen LogP contribution in [0, 0.1) is 6.92 Å². The number of carbonyl (C=O) groups is 1. The molecule has 7 heteroatoms. The maximum absolute atomic E-state index is 12.8. The summed E-state index contributed by atoms with van der Waals surface area (Å²) in [6.45, 7) is 5.96. The lowest BCUT2D eigenvalue weighted by atomic mass is 10.2. The highest BCUT2D eigenvalue weighted by Crippen LogP contribution is 2.28. The highest BCUT2D eigenvalue weighted by molar-refractivity contribution is 8.00. The molecule has 1 unspecified atom stereocenters. The van der Waals surface area contributed by atoms with Gasteiger partial charge in [-0.3, -0.25) is 9.36 Å². The van der Waals surface area contributed by atoms with Crippen molar-refractivity contribution in [2.75, 3.05) is 13.1 Å². The molecule has 3 aromatic rings. The molecule has 0 bridgehead atoms. The van der Waals surface area contributed by atoms with E-state index in [0.29, 0.717) is 17.6 Å². The lowest BCUT2D eigenvalue weighted by Crippen LogP contribution is -2.34. The number of ether oxygens (including phenoxy) is 1. The SMILES string of the molecule is Cc1ccccc1OCc1nnc(SC(C)C(=O)N2CCCC2)n1-c1ccccc1. The van der Waals surface area contributed by atoms with Crippen molar-refractivity contribution in [2.24, 2.45) is 0 Å². The minimum Gasteiger partial charge on any atom is -0.485 e.